The number of alkyl halides is 9. The Labute approximate surface area is 553 Å². The van der Waals surface area contributed by atoms with Gasteiger partial charge in [-0.2, -0.15) is 70.6 Å². The molecule has 3 aromatic rings. The summed E-state index contributed by atoms with van der Waals surface area (Å²) < 4.78 is 116. The van der Waals surface area contributed by atoms with E-state index < -0.39 is 70.6 Å². The number of nitrogens with one attached hydrogen (secondary N) is 4. The van der Waals surface area contributed by atoms with Crippen LogP contribution in [-0.4, -0.2) is 150 Å². The average molecular weight is 1380 g/mol. The number of amides is 6. The van der Waals surface area contributed by atoms with Gasteiger partial charge in [0, 0.05) is 101 Å². The number of hydrogen-bond donors (Lipinski definition) is 7. The van der Waals surface area contributed by atoms with Gasteiger partial charge in [-0.3, -0.25) is 57.4 Å². The fourth-order valence-electron chi connectivity index (χ4n) is 12.8. The summed E-state index contributed by atoms with van der Waals surface area (Å²) in [6, 6.07) is 6.56. The Bertz CT molecular complexity index is 3290. The van der Waals surface area contributed by atoms with Crippen LogP contribution in [0.15, 0.2) is 18.6 Å². The fraction of sp³-hybridized carbons (Fsp3) is 0.689. The van der Waals surface area contributed by atoms with Gasteiger partial charge in [-0.15, -0.1) is 12.4 Å². The van der Waals surface area contributed by atoms with Crippen molar-refractivity contribution in [2.45, 2.75) is 189 Å². The molecule has 9 fully saturated rings. The van der Waals surface area contributed by atoms with Crippen LogP contribution in [0.4, 0.5) is 57.0 Å². The van der Waals surface area contributed by atoms with Gasteiger partial charge in [-0.1, -0.05) is 7.43 Å². The highest BCUT2D eigenvalue weighted by atomic mass is 35.5. The lowest BCUT2D eigenvalue weighted by Gasteiger charge is -2.49. The molecule has 6 amide bonds. The molecule has 6 heterocycles. The Hall–Kier alpha value is -7.87. The van der Waals surface area contributed by atoms with Gasteiger partial charge in [-0.25, -0.2) is 0 Å². The van der Waals surface area contributed by atoms with Crippen LogP contribution in [0.1, 0.15) is 173 Å². The zero-order valence-corrected chi connectivity index (χ0v) is 52.6. The Morgan fingerprint density at radius 2 is 0.760 bits per heavy atom. The van der Waals surface area contributed by atoms with Gasteiger partial charge in [0.25, 0.3) is 17.7 Å². The molecule has 3 saturated heterocycles. The Balaban J connectivity index is 0.000000191. The molecule has 0 spiro atoms. The van der Waals surface area contributed by atoms with Crippen molar-refractivity contribution >= 4 is 71.1 Å². The Morgan fingerprint density at radius 1 is 0.490 bits per heavy atom. The number of nitrogens with two attached hydrogens (primary N) is 3. The molecule has 6 aliphatic carbocycles. The van der Waals surface area contributed by atoms with Crippen LogP contribution in [0.25, 0.3) is 0 Å². The second-order valence-corrected chi connectivity index (χ2v) is 26.4. The van der Waals surface area contributed by atoms with Crippen LogP contribution >= 0.6 is 12.4 Å². The van der Waals surface area contributed by atoms with E-state index in [1.807, 2.05) is 9.80 Å². The van der Waals surface area contributed by atoms with Crippen molar-refractivity contribution in [1.82, 2.24) is 44.5 Å². The molecule has 10 N–H and O–H groups in total. The van der Waals surface area contributed by atoms with E-state index in [0.29, 0.717) is 77.0 Å². The van der Waals surface area contributed by atoms with Crippen molar-refractivity contribution in [3.8, 4) is 18.2 Å². The molecule has 25 nitrogen and oxygen atoms in total. The highest BCUT2D eigenvalue weighted by molar-refractivity contribution is 6.04. The highest BCUT2D eigenvalue weighted by Gasteiger charge is 2.53. The summed E-state index contributed by atoms with van der Waals surface area (Å²) in [4.78, 5) is 87.0. The average Bonchev–Trinajstić information content (AvgIpc) is 1.33. The van der Waals surface area contributed by atoms with Crippen LogP contribution < -0.4 is 38.5 Å². The summed E-state index contributed by atoms with van der Waals surface area (Å²) >= 11 is 0. The molecule has 0 unspecified atom stereocenters. The van der Waals surface area contributed by atoms with Crippen molar-refractivity contribution in [2.24, 2.45) is 52.7 Å². The van der Waals surface area contributed by atoms with Crippen molar-refractivity contribution in [2.75, 3.05) is 55.2 Å². The van der Waals surface area contributed by atoms with Gasteiger partial charge in [0.05, 0.1) is 71.8 Å². The quantitative estimate of drug-likeness (QED) is 0.0638. The van der Waals surface area contributed by atoms with Gasteiger partial charge < -0.3 is 38.5 Å². The molecule has 12 rings (SSSR count). The van der Waals surface area contributed by atoms with Gasteiger partial charge in [0.1, 0.15) is 22.5 Å². The van der Waals surface area contributed by atoms with Crippen LogP contribution in [0, 0.1) is 69.5 Å². The van der Waals surface area contributed by atoms with E-state index in [1.165, 1.54) is 18.6 Å². The predicted molar refractivity (Wildman–Crippen MR) is 328 cm³/mol. The lowest BCUT2D eigenvalue weighted by Crippen LogP contribution is -2.58. The molecular formula is C61H80ClF9N18O7. The van der Waals surface area contributed by atoms with Crippen LogP contribution in [0.5, 0.6) is 0 Å². The Kier molecular flexibility index (Phi) is 23.8. The smallest absolute Gasteiger partial charge is 0.365 e. The molecule has 3 aromatic heterocycles. The number of nitrogens with zero attached hydrogens (tertiary/aromatic N) is 11. The maximum absolute atomic E-state index is 12.8. The molecular weight excluding hydrogens is 1300 g/mol. The monoisotopic (exact) mass is 1380 g/mol. The number of rotatable bonds is 17. The van der Waals surface area contributed by atoms with Crippen LogP contribution in [-0.2, 0) is 35.8 Å². The van der Waals surface area contributed by atoms with Gasteiger partial charge in [0.2, 0.25) is 17.7 Å². The maximum atomic E-state index is 12.8. The van der Waals surface area contributed by atoms with E-state index >= 15 is 0 Å². The fourth-order valence-corrected chi connectivity index (χ4v) is 12.8. The van der Waals surface area contributed by atoms with Crippen molar-refractivity contribution in [3.63, 3.8) is 0 Å². The summed E-state index contributed by atoms with van der Waals surface area (Å²) in [5, 5.41) is 51.8. The second-order valence-electron chi connectivity index (χ2n) is 26.4. The second kappa shape index (κ2) is 30.3. The number of halogens is 10. The third-order valence-electron chi connectivity index (χ3n) is 19.7. The largest absolute Gasteiger partial charge is 0.394 e. The van der Waals surface area contributed by atoms with E-state index in [-0.39, 0.29) is 166 Å². The SMILES string of the molecule is C.Cl.FC(F)(F)C1CNC1.N#CCC1(n2cc(C(N)=O)c(NC(=O)C3CC3)n2)CCC(=O)CC1.N#CCC1(n2cc(C(N)=O)c(NC(=O)C3CC3)n2)CCC(N2CC(C(F)(F)F)C2)CC1.N#CCC1(n2cc(C(N)=O)c(NC(=O)C3CC3)n2)CCC(N2CC(C(F)(F)F)C2)CC1. The van der Waals surface area contributed by atoms with E-state index in [0.717, 1.165) is 38.5 Å². The van der Waals surface area contributed by atoms with E-state index in [2.05, 4.69) is 54.8 Å². The van der Waals surface area contributed by atoms with Gasteiger partial charge in [-0.05, 0) is 103 Å². The third kappa shape index (κ3) is 17.8. The number of carbonyl (C=O) groups excluding carboxylic acids is 7. The zero-order valence-electron chi connectivity index (χ0n) is 51.8. The summed E-state index contributed by atoms with van der Waals surface area (Å²) in [5.74, 6) is -6.03. The number of aromatic nitrogens is 6. The minimum Gasteiger partial charge on any atom is -0.365 e. The van der Waals surface area contributed by atoms with E-state index in [4.69, 9.17) is 17.2 Å². The molecule has 526 valence electrons. The van der Waals surface area contributed by atoms with E-state index in [1.54, 1.807) is 14.0 Å². The minimum absolute atomic E-state index is 0. The normalized spacial score (nSPS) is 24.5. The molecule has 35 heteroatoms. The summed E-state index contributed by atoms with van der Waals surface area (Å²) in [5.41, 5.74) is 14.6. The molecule has 0 aromatic carbocycles. The number of ketones is 1. The first-order valence-electron chi connectivity index (χ1n) is 31.5. The third-order valence-corrected chi connectivity index (χ3v) is 19.7. The van der Waals surface area contributed by atoms with Crippen LogP contribution in [0.2, 0.25) is 0 Å². The summed E-state index contributed by atoms with van der Waals surface area (Å²) in [6.45, 7) is 0.274. The van der Waals surface area contributed by atoms with Gasteiger partial charge in [0.15, 0.2) is 17.5 Å². The highest BCUT2D eigenvalue weighted by Crippen LogP contribution is 2.46. The number of carbonyl (C=O) groups is 7. The van der Waals surface area contributed by atoms with E-state index in [9.17, 15) is 88.9 Å². The van der Waals surface area contributed by atoms with Gasteiger partial charge >= 0.3 is 18.5 Å². The summed E-state index contributed by atoms with van der Waals surface area (Å²) in [6.07, 6.45) is 3.82. The molecule has 0 radical (unpaired) electrons. The molecule has 0 atom stereocenters. The minimum atomic E-state index is -4.16. The molecule has 0 bridgehead atoms. The zero-order chi connectivity index (χ0) is 68.3. The van der Waals surface area contributed by atoms with Crippen molar-refractivity contribution < 1.29 is 73.1 Å². The molecule has 3 aliphatic heterocycles. The number of likely N-dealkylation sites (tertiary alicyclic amines) is 2. The number of nitriles is 3. The first kappa shape index (κ1) is 75.5. The Morgan fingerprint density at radius 3 is 0.969 bits per heavy atom. The first-order chi connectivity index (χ1) is 44.3. The summed E-state index contributed by atoms with van der Waals surface area (Å²) in [7, 11) is 0. The van der Waals surface area contributed by atoms with Crippen molar-refractivity contribution in [3.05, 3.63) is 35.3 Å². The standard InChI is InChI=1S/2C20H25F3N6O2.C16H19N5O3.C4H6F3N.CH4.ClH/c2*21-20(22,23)13-9-28(10-13)14-3-5-19(6-4-14,7-8-24)29-11-15(16(25)30)17(27-29)26-18(31)12-1-2-12;17-8-7-16(5-3-11(22)4-6-16)21-9-12(13(18)23)14(20-21)19-15(24)10-1-2-10;5-4(6,7)3-1-8-2-3;;/h2*11-14H,1-7,9-10H2,(H2,25,30)(H,26,27,31);9-10H,1-7H2,(H2,18,23)(H,19,20,24);3,8H,1-2H2;1H4;1H. The first-order valence-corrected chi connectivity index (χ1v) is 31.5. The maximum Gasteiger partial charge on any atom is 0.394 e. The molecule has 96 heavy (non-hydrogen) atoms. The number of hydrogen-bond acceptors (Lipinski definition) is 16. The van der Waals surface area contributed by atoms with Crippen LogP contribution in [0.3, 0.4) is 0 Å². The topological polar surface area (TPSA) is 377 Å². The lowest BCUT2D eigenvalue weighted by molar-refractivity contribution is -0.216. The molecule has 9 aliphatic rings. The number of primary amides is 3. The number of Topliss-reactive ketones (excluding diaryl/α,β-unsaturated/α-hetero) is 1. The predicted octanol–water partition coefficient (Wildman–Crippen LogP) is 7.66. The number of anilines is 3. The molecule has 6 saturated carbocycles. The lowest BCUT2D eigenvalue weighted by atomic mass is 9.76. The van der Waals surface area contributed by atoms with Crippen molar-refractivity contribution in [1.29, 1.82) is 15.8 Å².